The SMILES string of the molecule is Cc1cc(NC(=O)c2cnc(OCc3ncco3)cn2)cc([C@@]2(C)N=C(N)S[C@@]3(C(F)F)C[C@@H]23)c1F. The van der Waals surface area contributed by atoms with E-state index in [1.807, 2.05) is 0 Å². The minimum Gasteiger partial charge on any atom is -0.467 e. The molecule has 0 spiro atoms. The number of ether oxygens (including phenoxy) is 1. The summed E-state index contributed by atoms with van der Waals surface area (Å²) in [5, 5.41) is 2.65. The lowest BCUT2D eigenvalue weighted by atomic mass is 9.84. The molecule has 1 amide bonds. The number of amidine groups is 1. The smallest absolute Gasteiger partial charge is 0.275 e. The van der Waals surface area contributed by atoms with Gasteiger partial charge in [0.15, 0.2) is 11.8 Å². The number of nitrogens with zero attached hydrogens (tertiary/aromatic N) is 4. The van der Waals surface area contributed by atoms with Crippen molar-refractivity contribution in [1.82, 2.24) is 15.0 Å². The molecule has 1 aromatic carbocycles. The zero-order chi connectivity index (χ0) is 25.7. The Balaban J connectivity index is 1.36. The highest BCUT2D eigenvalue weighted by molar-refractivity contribution is 8.15. The number of alkyl halides is 2. The van der Waals surface area contributed by atoms with Crippen LogP contribution in [0.4, 0.5) is 18.9 Å². The summed E-state index contributed by atoms with van der Waals surface area (Å²) >= 11 is 0.845. The quantitative estimate of drug-likeness (QED) is 0.480. The van der Waals surface area contributed by atoms with Crippen LogP contribution in [-0.4, -0.2) is 37.2 Å². The van der Waals surface area contributed by atoms with E-state index in [1.165, 1.54) is 43.9 Å². The zero-order valence-electron chi connectivity index (χ0n) is 19.2. The highest BCUT2D eigenvalue weighted by Gasteiger charge is 2.71. The number of aromatic nitrogens is 3. The summed E-state index contributed by atoms with van der Waals surface area (Å²) in [6.07, 6.45) is 2.92. The molecule has 36 heavy (non-hydrogen) atoms. The molecule has 2 aromatic heterocycles. The van der Waals surface area contributed by atoms with Gasteiger partial charge in [-0.2, -0.15) is 0 Å². The van der Waals surface area contributed by atoms with E-state index in [4.69, 9.17) is 14.9 Å². The molecule has 188 valence electrons. The Labute approximate surface area is 207 Å². The number of carbonyl (C=O) groups excluding carboxylic acids is 1. The Kier molecular flexibility index (Phi) is 5.89. The lowest BCUT2D eigenvalue weighted by Crippen LogP contribution is -2.39. The maximum Gasteiger partial charge on any atom is 0.275 e. The second kappa shape index (κ2) is 8.80. The first-order valence-corrected chi connectivity index (χ1v) is 11.7. The molecule has 3 atom stereocenters. The van der Waals surface area contributed by atoms with Gasteiger partial charge < -0.3 is 20.2 Å². The minimum atomic E-state index is -2.63. The molecule has 3 aromatic rings. The molecule has 1 saturated carbocycles. The number of rotatable bonds is 7. The third kappa shape index (κ3) is 4.16. The first kappa shape index (κ1) is 24.1. The van der Waals surface area contributed by atoms with Crippen LogP contribution in [0.1, 0.15) is 40.9 Å². The van der Waals surface area contributed by atoms with E-state index >= 15 is 4.39 Å². The average molecular weight is 519 g/mol. The van der Waals surface area contributed by atoms with Crippen molar-refractivity contribution < 1.29 is 27.1 Å². The predicted molar refractivity (Wildman–Crippen MR) is 125 cm³/mol. The summed E-state index contributed by atoms with van der Waals surface area (Å²) in [5.74, 6) is -1.26. The average Bonchev–Trinajstić information content (AvgIpc) is 3.37. The number of aliphatic imine (C=N–C) groups is 1. The fraction of sp³-hybridized carbons (Fsp3) is 0.348. The number of hydrogen-bond acceptors (Lipinski definition) is 9. The second-order valence-electron chi connectivity index (χ2n) is 8.78. The van der Waals surface area contributed by atoms with Crippen LogP contribution < -0.4 is 15.8 Å². The van der Waals surface area contributed by atoms with Gasteiger partial charge in [0.25, 0.3) is 12.3 Å². The summed E-state index contributed by atoms with van der Waals surface area (Å²) < 4.78 is 52.0. The predicted octanol–water partition coefficient (Wildman–Crippen LogP) is 4.04. The topological polar surface area (TPSA) is 129 Å². The summed E-state index contributed by atoms with van der Waals surface area (Å²) in [7, 11) is 0. The van der Waals surface area contributed by atoms with Crippen LogP contribution in [0.15, 0.2) is 46.4 Å². The van der Waals surface area contributed by atoms with Crippen molar-refractivity contribution in [3.63, 3.8) is 0 Å². The van der Waals surface area contributed by atoms with Gasteiger partial charge in [0.1, 0.15) is 17.8 Å². The number of oxazole rings is 1. The molecular weight excluding hydrogens is 497 g/mol. The molecule has 9 nitrogen and oxygen atoms in total. The molecule has 0 unspecified atom stereocenters. The van der Waals surface area contributed by atoms with Gasteiger partial charge in [-0.3, -0.25) is 9.79 Å². The number of halogens is 3. The van der Waals surface area contributed by atoms with Crippen LogP contribution in [0.25, 0.3) is 0 Å². The Hall–Kier alpha value is -3.61. The van der Waals surface area contributed by atoms with Gasteiger partial charge >= 0.3 is 0 Å². The van der Waals surface area contributed by atoms with E-state index in [9.17, 15) is 13.6 Å². The van der Waals surface area contributed by atoms with E-state index < -0.39 is 34.4 Å². The standard InChI is InChI=1S/C23H21F3N6O3S/c1-11-5-12(31-19(33)14-8-30-16(9-29-14)35-10-17-28-3-4-34-17)6-13(18(11)24)22(2)15-7-23(15,20(25)26)36-21(27)32-22/h3-6,8-9,15,20H,7,10H2,1-2H3,(H2,27,32)(H,31,33)/t15-,22+,23-/m0/s1. The Morgan fingerprint density at radius 1 is 1.33 bits per heavy atom. The van der Waals surface area contributed by atoms with Crippen molar-refractivity contribution in [3.05, 3.63) is 65.5 Å². The lowest BCUT2D eigenvalue weighted by Gasteiger charge is -2.34. The molecule has 1 fully saturated rings. The van der Waals surface area contributed by atoms with Gasteiger partial charge in [0, 0.05) is 17.2 Å². The monoisotopic (exact) mass is 518 g/mol. The van der Waals surface area contributed by atoms with Gasteiger partial charge in [-0.05, 0) is 38.0 Å². The zero-order valence-corrected chi connectivity index (χ0v) is 20.0. The number of hydrogen-bond donors (Lipinski definition) is 2. The van der Waals surface area contributed by atoms with Gasteiger partial charge in [-0.1, -0.05) is 11.8 Å². The number of carbonyl (C=O) groups is 1. The molecule has 13 heteroatoms. The first-order valence-electron chi connectivity index (χ1n) is 10.9. The van der Waals surface area contributed by atoms with Crippen LogP contribution >= 0.6 is 11.8 Å². The highest BCUT2D eigenvalue weighted by Crippen LogP contribution is 2.68. The van der Waals surface area contributed by atoms with E-state index in [2.05, 4.69) is 25.3 Å². The molecule has 5 rings (SSSR count). The molecule has 1 aliphatic carbocycles. The Morgan fingerprint density at radius 2 is 2.14 bits per heavy atom. The molecular formula is C23H21F3N6O3S. The van der Waals surface area contributed by atoms with Crippen LogP contribution in [-0.2, 0) is 12.1 Å². The molecule has 0 radical (unpaired) electrons. The number of anilines is 1. The van der Waals surface area contributed by atoms with Crippen molar-refractivity contribution in [1.29, 1.82) is 0 Å². The van der Waals surface area contributed by atoms with Crippen LogP contribution in [0.3, 0.4) is 0 Å². The summed E-state index contributed by atoms with van der Waals surface area (Å²) in [6, 6.07) is 2.85. The molecule has 3 N–H and O–H groups in total. The van der Waals surface area contributed by atoms with Gasteiger partial charge in [-0.25, -0.2) is 28.1 Å². The van der Waals surface area contributed by atoms with Crippen molar-refractivity contribution in [2.45, 2.75) is 43.6 Å². The number of amides is 1. The van der Waals surface area contributed by atoms with Crippen molar-refractivity contribution in [3.8, 4) is 5.88 Å². The van der Waals surface area contributed by atoms with Crippen molar-refractivity contribution in [2.24, 2.45) is 16.6 Å². The number of fused-ring (bicyclic) bond motifs is 1. The maximum atomic E-state index is 15.3. The number of thioether (sulfide) groups is 1. The highest BCUT2D eigenvalue weighted by atomic mass is 32.2. The van der Waals surface area contributed by atoms with Gasteiger partial charge in [0.05, 0.1) is 28.9 Å². The van der Waals surface area contributed by atoms with Crippen molar-refractivity contribution in [2.75, 3.05) is 5.32 Å². The number of aryl methyl sites for hydroxylation is 1. The molecule has 2 aliphatic rings. The Bertz CT molecular complexity index is 1340. The minimum absolute atomic E-state index is 0.0107. The van der Waals surface area contributed by atoms with Crippen LogP contribution in [0, 0.1) is 18.7 Å². The fourth-order valence-electron chi connectivity index (χ4n) is 4.48. The fourth-order valence-corrected chi connectivity index (χ4v) is 5.81. The summed E-state index contributed by atoms with van der Waals surface area (Å²) in [4.78, 5) is 29.2. The third-order valence-corrected chi connectivity index (χ3v) is 7.69. The number of nitrogens with two attached hydrogens (primary N) is 1. The Morgan fingerprint density at radius 3 is 2.81 bits per heavy atom. The largest absolute Gasteiger partial charge is 0.467 e. The van der Waals surface area contributed by atoms with E-state index in [1.54, 1.807) is 6.92 Å². The molecule has 3 heterocycles. The van der Waals surface area contributed by atoms with Crippen molar-refractivity contribution >= 4 is 28.5 Å². The van der Waals surface area contributed by atoms with Gasteiger partial charge in [-0.15, -0.1) is 0 Å². The molecule has 0 saturated heterocycles. The second-order valence-corrected chi connectivity index (χ2v) is 10.2. The molecule has 0 bridgehead atoms. The van der Waals surface area contributed by atoms with E-state index in [0.29, 0.717) is 5.89 Å². The molecule has 1 aliphatic heterocycles. The van der Waals surface area contributed by atoms with Crippen LogP contribution in [0.2, 0.25) is 0 Å². The third-order valence-electron chi connectivity index (χ3n) is 6.38. The van der Waals surface area contributed by atoms with E-state index in [-0.39, 0.29) is 46.6 Å². The summed E-state index contributed by atoms with van der Waals surface area (Å²) in [5.41, 5.74) is 5.15. The number of nitrogens with one attached hydrogen (secondary N) is 1. The lowest BCUT2D eigenvalue weighted by molar-refractivity contribution is 0.102. The number of benzene rings is 1. The maximum absolute atomic E-state index is 15.3. The normalized spacial score (nSPS) is 24.7. The van der Waals surface area contributed by atoms with E-state index in [0.717, 1.165) is 11.8 Å². The summed E-state index contributed by atoms with van der Waals surface area (Å²) in [6.45, 7) is 3.17. The van der Waals surface area contributed by atoms with Gasteiger partial charge in [0.2, 0.25) is 11.8 Å². The van der Waals surface area contributed by atoms with Crippen LogP contribution in [0.5, 0.6) is 5.88 Å². The first-order chi connectivity index (χ1) is 17.1.